The van der Waals surface area contributed by atoms with Gasteiger partial charge in [-0.25, -0.2) is 0 Å². The van der Waals surface area contributed by atoms with Crippen LogP contribution in [-0.4, -0.2) is 61.1 Å². The Bertz CT molecular complexity index is 617. The molecular formula is C14H19N3O9. The molecule has 0 N–H and O–H groups in total. The highest BCUT2D eigenvalue weighted by Crippen LogP contribution is 2.29. The topological polar surface area (TPSA) is 163 Å². The predicted molar refractivity (Wildman–Crippen MR) is 81.1 cm³/mol. The maximum Gasteiger partial charge on any atom is 0.305 e. The number of carbonyl (C=O) groups is 4. The van der Waals surface area contributed by atoms with E-state index < -0.39 is 54.5 Å². The van der Waals surface area contributed by atoms with Gasteiger partial charge >= 0.3 is 23.9 Å². The zero-order valence-electron chi connectivity index (χ0n) is 14.6. The van der Waals surface area contributed by atoms with E-state index in [2.05, 4.69) is 10.0 Å². The summed E-state index contributed by atoms with van der Waals surface area (Å²) in [4.78, 5) is 47.9. The largest absolute Gasteiger partial charge is 0.463 e. The highest BCUT2D eigenvalue weighted by atomic mass is 16.7. The lowest BCUT2D eigenvalue weighted by molar-refractivity contribution is -0.275. The van der Waals surface area contributed by atoms with Crippen molar-refractivity contribution >= 4 is 23.9 Å². The number of esters is 4. The van der Waals surface area contributed by atoms with Crippen molar-refractivity contribution in [2.45, 2.75) is 58.3 Å². The fourth-order valence-corrected chi connectivity index (χ4v) is 2.33. The average molecular weight is 373 g/mol. The van der Waals surface area contributed by atoms with Crippen LogP contribution in [0.25, 0.3) is 10.4 Å². The van der Waals surface area contributed by atoms with Crippen molar-refractivity contribution in [3.63, 3.8) is 0 Å². The minimum Gasteiger partial charge on any atom is -0.463 e. The summed E-state index contributed by atoms with van der Waals surface area (Å²) < 4.78 is 25.5. The van der Waals surface area contributed by atoms with E-state index in [1.54, 1.807) is 0 Å². The van der Waals surface area contributed by atoms with Crippen molar-refractivity contribution in [2.24, 2.45) is 5.11 Å². The summed E-state index contributed by atoms with van der Waals surface area (Å²) in [6.45, 7) is 4.06. The number of hydrogen-bond acceptors (Lipinski definition) is 10. The quantitative estimate of drug-likeness (QED) is 0.210. The lowest BCUT2D eigenvalue weighted by Crippen LogP contribution is -2.61. The van der Waals surface area contributed by atoms with Crippen molar-refractivity contribution in [1.82, 2.24) is 0 Å². The van der Waals surface area contributed by atoms with Crippen LogP contribution in [0.2, 0.25) is 0 Å². The Morgan fingerprint density at radius 1 is 0.923 bits per heavy atom. The van der Waals surface area contributed by atoms with Gasteiger partial charge in [0, 0.05) is 32.6 Å². The van der Waals surface area contributed by atoms with Gasteiger partial charge in [-0.2, -0.15) is 0 Å². The standard InChI is InChI=1S/C14H19N3O9/c1-6(18)22-5-10-12(23-7(2)19)11(16-17-15)13(24-8(3)20)14(26-10)25-9(4)21/h10-14H,5H2,1-4H3. The van der Waals surface area contributed by atoms with Crippen molar-refractivity contribution in [1.29, 1.82) is 0 Å². The molecule has 0 aromatic carbocycles. The Morgan fingerprint density at radius 3 is 1.92 bits per heavy atom. The Hall–Kier alpha value is -2.85. The average Bonchev–Trinajstić information content (AvgIpc) is 2.50. The molecule has 5 unspecified atom stereocenters. The van der Waals surface area contributed by atoms with Crippen molar-refractivity contribution in [3.05, 3.63) is 10.4 Å². The highest BCUT2D eigenvalue weighted by Gasteiger charge is 2.51. The summed E-state index contributed by atoms with van der Waals surface area (Å²) in [7, 11) is 0. The van der Waals surface area contributed by atoms with Gasteiger partial charge in [-0.1, -0.05) is 5.11 Å². The molecule has 1 aliphatic rings. The third-order valence-electron chi connectivity index (χ3n) is 3.14. The zero-order chi connectivity index (χ0) is 19.9. The summed E-state index contributed by atoms with van der Waals surface area (Å²) in [5.74, 6) is -2.91. The van der Waals surface area contributed by atoms with Crippen molar-refractivity contribution in [2.75, 3.05) is 6.61 Å². The molecule has 1 fully saturated rings. The fraction of sp³-hybridized carbons (Fsp3) is 0.714. The molecule has 5 atom stereocenters. The summed E-state index contributed by atoms with van der Waals surface area (Å²) >= 11 is 0. The third kappa shape index (κ3) is 6.22. The van der Waals surface area contributed by atoms with Gasteiger partial charge in [-0.3, -0.25) is 19.2 Å². The van der Waals surface area contributed by atoms with Gasteiger partial charge in [-0.15, -0.1) is 0 Å². The van der Waals surface area contributed by atoms with Gasteiger partial charge < -0.3 is 23.7 Å². The van der Waals surface area contributed by atoms with Gasteiger partial charge in [0.05, 0.1) is 0 Å². The van der Waals surface area contributed by atoms with Crippen LogP contribution in [0.1, 0.15) is 27.7 Å². The molecule has 1 rings (SSSR count). The smallest absolute Gasteiger partial charge is 0.305 e. The van der Waals surface area contributed by atoms with Gasteiger partial charge in [0.2, 0.25) is 6.29 Å². The molecule has 26 heavy (non-hydrogen) atoms. The Labute approximate surface area is 148 Å². The summed E-state index contributed by atoms with van der Waals surface area (Å²) in [5.41, 5.74) is 8.84. The first-order chi connectivity index (χ1) is 12.1. The van der Waals surface area contributed by atoms with Crippen LogP contribution < -0.4 is 0 Å². The number of carbonyl (C=O) groups excluding carboxylic acids is 4. The van der Waals surface area contributed by atoms with Crippen LogP contribution >= 0.6 is 0 Å². The van der Waals surface area contributed by atoms with E-state index in [4.69, 9.17) is 29.2 Å². The number of hydrogen-bond donors (Lipinski definition) is 0. The van der Waals surface area contributed by atoms with Gasteiger partial charge in [-0.05, 0) is 5.53 Å². The van der Waals surface area contributed by atoms with Crippen LogP contribution in [0.5, 0.6) is 0 Å². The minimum atomic E-state index is -1.46. The second kappa shape index (κ2) is 9.59. The van der Waals surface area contributed by atoms with Gasteiger partial charge in [0.15, 0.2) is 6.10 Å². The van der Waals surface area contributed by atoms with E-state index in [1.807, 2.05) is 0 Å². The number of rotatable bonds is 6. The highest BCUT2D eigenvalue weighted by molar-refractivity contribution is 5.68. The van der Waals surface area contributed by atoms with E-state index in [-0.39, 0.29) is 6.61 Å². The van der Waals surface area contributed by atoms with Crippen LogP contribution in [0, 0.1) is 0 Å². The second-order valence-corrected chi connectivity index (χ2v) is 5.30. The van der Waals surface area contributed by atoms with Crippen LogP contribution in [0.15, 0.2) is 5.11 Å². The Morgan fingerprint density at radius 2 is 1.46 bits per heavy atom. The Balaban J connectivity index is 3.27. The van der Waals surface area contributed by atoms with Crippen molar-refractivity contribution < 1.29 is 42.9 Å². The maximum atomic E-state index is 11.4. The normalized spacial score (nSPS) is 27.5. The molecule has 0 aromatic heterocycles. The molecule has 1 saturated heterocycles. The predicted octanol–water partition coefficient (Wildman–Crippen LogP) is 0.380. The number of ether oxygens (including phenoxy) is 5. The van der Waals surface area contributed by atoms with Crippen LogP contribution in [-0.2, 0) is 42.9 Å². The number of nitrogens with zero attached hydrogens (tertiary/aromatic N) is 3. The SMILES string of the molecule is CC(=O)OCC1OC(OC(C)=O)C(OC(C)=O)C(N=[N+]=[N-])C1OC(C)=O. The molecule has 0 aliphatic carbocycles. The van der Waals surface area contributed by atoms with Gasteiger partial charge in [0.1, 0.15) is 24.9 Å². The summed E-state index contributed by atoms with van der Waals surface area (Å²) in [6, 6.07) is -1.29. The van der Waals surface area contributed by atoms with Crippen molar-refractivity contribution in [3.8, 4) is 0 Å². The fourth-order valence-electron chi connectivity index (χ4n) is 2.33. The first kappa shape index (κ1) is 21.2. The molecule has 0 radical (unpaired) electrons. The van der Waals surface area contributed by atoms with E-state index >= 15 is 0 Å². The molecule has 1 aliphatic heterocycles. The molecule has 0 spiro atoms. The van der Waals surface area contributed by atoms with E-state index in [0.717, 1.165) is 27.7 Å². The number of azide groups is 1. The van der Waals surface area contributed by atoms with Crippen LogP contribution in [0.3, 0.4) is 0 Å². The van der Waals surface area contributed by atoms with Crippen LogP contribution in [0.4, 0.5) is 0 Å². The molecule has 0 saturated carbocycles. The summed E-state index contributed by atoms with van der Waals surface area (Å²) in [6.07, 6.45) is -5.21. The molecule has 1 heterocycles. The maximum absolute atomic E-state index is 11.4. The van der Waals surface area contributed by atoms with E-state index in [0.29, 0.717) is 0 Å². The molecular weight excluding hydrogens is 354 g/mol. The Kier molecular flexibility index (Phi) is 7.81. The van der Waals surface area contributed by atoms with E-state index in [9.17, 15) is 19.2 Å². The molecule has 0 aromatic rings. The zero-order valence-corrected chi connectivity index (χ0v) is 14.6. The lowest BCUT2D eigenvalue weighted by Gasteiger charge is -2.42. The molecule has 12 heteroatoms. The lowest BCUT2D eigenvalue weighted by atomic mass is 9.96. The minimum absolute atomic E-state index is 0.380. The van der Waals surface area contributed by atoms with E-state index in [1.165, 1.54) is 0 Å². The second-order valence-electron chi connectivity index (χ2n) is 5.30. The monoisotopic (exact) mass is 373 g/mol. The first-order valence-corrected chi connectivity index (χ1v) is 7.50. The molecule has 0 amide bonds. The third-order valence-corrected chi connectivity index (χ3v) is 3.14. The molecule has 144 valence electrons. The summed E-state index contributed by atoms with van der Waals surface area (Å²) in [5, 5.41) is 3.50. The molecule has 12 nitrogen and oxygen atoms in total. The van der Waals surface area contributed by atoms with Gasteiger partial charge in [0.25, 0.3) is 0 Å². The first-order valence-electron chi connectivity index (χ1n) is 7.50. The molecule has 0 bridgehead atoms.